The van der Waals surface area contributed by atoms with Crippen molar-refractivity contribution in [2.45, 2.75) is 5.16 Å². The quantitative estimate of drug-likeness (QED) is 0.371. The third-order valence-corrected chi connectivity index (χ3v) is 3.63. The Morgan fingerprint density at radius 1 is 1.38 bits per heavy atom. The molecule has 0 saturated heterocycles. The molecule has 1 aromatic heterocycles. The van der Waals surface area contributed by atoms with Crippen molar-refractivity contribution in [2.24, 2.45) is 7.05 Å². The number of nitro groups is 1. The number of benzene rings is 1. The highest BCUT2D eigenvalue weighted by molar-refractivity contribution is 7.98. The average molecular weight is 302 g/mol. The maximum absolute atomic E-state index is 12.1. The van der Waals surface area contributed by atoms with Gasteiger partial charge in [-0.2, -0.15) is 5.26 Å². The Morgan fingerprint density at radius 2 is 2.00 bits per heavy atom. The van der Waals surface area contributed by atoms with Crippen LogP contribution in [-0.4, -0.2) is 20.7 Å². The van der Waals surface area contributed by atoms with Crippen molar-refractivity contribution in [3.05, 3.63) is 50.3 Å². The first-order valence-corrected chi connectivity index (χ1v) is 7.02. The van der Waals surface area contributed by atoms with Gasteiger partial charge >= 0.3 is 0 Å². The average Bonchev–Trinajstić information content (AvgIpc) is 2.49. The standard InChI is InChI=1S/C13H10N4O3S/c1-16-12(18)10(7-14)11(15-13(16)21-2)8-3-5-9(6-4-8)17(19)20/h3-6H,1-2H3. The maximum Gasteiger partial charge on any atom is 0.272 e. The first-order chi connectivity index (χ1) is 9.99. The van der Waals surface area contributed by atoms with Crippen molar-refractivity contribution >= 4 is 17.4 Å². The Kier molecular flexibility index (Phi) is 4.05. The number of aromatic nitrogens is 2. The van der Waals surface area contributed by atoms with Crippen LogP contribution >= 0.6 is 11.8 Å². The van der Waals surface area contributed by atoms with E-state index in [0.29, 0.717) is 10.7 Å². The van der Waals surface area contributed by atoms with Crippen LogP contribution in [0.3, 0.4) is 0 Å². The van der Waals surface area contributed by atoms with Gasteiger partial charge in [-0.15, -0.1) is 0 Å². The fourth-order valence-electron chi connectivity index (χ4n) is 1.82. The van der Waals surface area contributed by atoms with Gasteiger partial charge in [0.25, 0.3) is 11.2 Å². The van der Waals surface area contributed by atoms with Crippen molar-refractivity contribution in [1.82, 2.24) is 9.55 Å². The molecule has 0 aliphatic heterocycles. The molecule has 2 rings (SSSR count). The van der Waals surface area contributed by atoms with Gasteiger partial charge in [0.2, 0.25) is 0 Å². The van der Waals surface area contributed by atoms with Gasteiger partial charge in [0.1, 0.15) is 11.6 Å². The fraction of sp³-hybridized carbons (Fsp3) is 0.154. The zero-order valence-corrected chi connectivity index (χ0v) is 12.0. The monoisotopic (exact) mass is 302 g/mol. The van der Waals surface area contributed by atoms with E-state index in [4.69, 9.17) is 0 Å². The number of hydrogen-bond donors (Lipinski definition) is 0. The molecule has 21 heavy (non-hydrogen) atoms. The lowest BCUT2D eigenvalue weighted by molar-refractivity contribution is -0.384. The molecule has 0 fully saturated rings. The third-order valence-electron chi connectivity index (χ3n) is 2.90. The van der Waals surface area contributed by atoms with E-state index in [0.717, 1.165) is 0 Å². The predicted molar refractivity (Wildman–Crippen MR) is 78.1 cm³/mol. The molecule has 2 aromatic rings. The zero-order chi connectivity index (χ0) is 15.6. The van der Waals surface area contributed by atoms with E-state index in [9.17, 15) is 20.2 Å². The summed E-state index contributed by atoms with van der Waals surface area (Å²) in [7, 11) is 1.54. The summed E-state index contributed by atoms with van der Waals surface area (Å²) in [5, 5.41) is 20.3. The first kappa shape index (κ1) is 14.7. The number of nitro benzene ring substituents is 1. The summed E-state index contributed by atoms with van der Waals surface area (Å²) >= 11 is 1.28. The Hall–Kier alpha value is -2.66. The molecule has 0 unspecified atom stereocenters. The minimum atomic E-state index is -0.514. The summed E-state index contributed by atoms with van der Waals surface area (Å²) < 4.78 is 1.30. The molecule has 8 heteroatoms. The molecule has 0 spiro atoms. The zero-order valence-electron chi connectivity index (χ0n) is 11.2. The number of nitriles is 1. The molecule has 0 aliphatic rings. The van der Waals surface area contributed by atoms with Crippen LogP contribution in [0.1, 0.15) is 5.56 Å². The Bertz CT molecular complexity index is 806. The molecule has 7 nitrogen and oxygen atoms in total. The summed E-state index contributed by atoms with van der Waals surface area (Å²) in [6.07, 6.45) is 1.77. The van der Waals surface area contributed by atoms with E-state index in [1.807, 2.05) is 6.07 Å². The Labute approximate surface area is 124 Å². The summed E-state index contributed by atoms with van der Waals surface area (Å²) in [5.41, 5.74) is 0.144. The minimum Gasteiger partial charge on any atom is -0.290 e. The fourth-order valence-corrected chi connectivity index (χ4v) is 2.36. The van der Waals surface area contributed by atoms with Crippen LogP contribution < -0.4 is 5.56 Å². The van der Waals surface area contributed by atoms with E-state index < -0.39 is 10.5 Å². The largest absolute Gasteiger partial charge is 0.290 e. The van der Waals surface area contributed by atoms with Crippen LogP contribution in [0.4, 0.5) is 5.69 Å². The van der Waals surface area contributed by atoms with Crippen LogP contribution in [0.2, 0.25) is 0 Å². The Balaban J connectivity index is 2.68. The molecule has 106 valence electrons. The number of non-ortho nitro benzene ring substituents is 1. The van der Waals surface area contributed by atoms with Gasteiger partial charge in [0.05, 0.1) is 10.6 Å². The molecule has 0 amide bonds. The number of nitrogens with zero attached hydrogens (tertiary/aromatic N) is 4. The normalized spacial score (nSPS) is 10.1. The molecule has 0 N–H and O–H groups in total. The van der Waals surface area contributed by atoms with Gasteiger partial charge < -0.3 is 0 Å². The summed E-state index contributed by atoms with van der Waals surface area (Å²) in [4.78, 5) is 26.6. The second-order valence-electron chi connectivity index (χ2n) is 4.10. The third kappa shape index (κ3) is 2.64. The van der Waals surface area contributed by atoms with Crippen molar-refractivity contribution in [3.8, 4) is 17.3 Å². The van der Waals surface area contributed by atoms with Crippen LogP contribution in [-0.2, 0) is 7.05 Å². The van der Waals surface area contributed by atoms with Gasteiger partial charge in [-0.1, -0.05) is 11.8 Å². The van der Waals surface area contributed by atoms with Gasteiger partial charge in [-0.25, -0.2) is 4.98 Å². The lowest BCUT2D eigenvalue weighted by atomic mass is 10.1. The Morgan fingerprint density at radius 3 is 2.48 bits per heavy atom. The van der Waals surface area contributed by atoms with Crippen LogP contribution in [0.25, 0.3) is 11.3 Å². The molecule has 1 heterocycles. The predicted octanol–water partition coefficient (Wildman–Crippen LogP) is 1.95. The summed E-state index contributed by atoms with van der Waals surface area (Å²) in [6, 6.07) is 7.43. The van der Waals surface area contributed by atoms with Gasteiger partial charge in [0, 0.05) is 24.7 Å². The van der Waals surface area contributed by atoms with Crippen molar-refractivity contribution in [1.29, 1.82) is 5.26 Å². The van der Waals surface area contributed by atoms with E-state index in [1.165, 1.54) is 40.6 Å². The molecule has 1 aromatic carbocycles. The maximum atomic E-state index is 12.1. The molecular weight excluding hydrogens is 292 g/mol. The highest BCUT2D eigenvalue weighted by Gasteiger charge is 2.16. The topological polar surface area (TPSA) is 102 Å². The molecule has 0 radical (unpaired) electrons. The second kappa shape index (κ2) is 5.76. The summed E-state index contributed by atoms with van der Waals surface area (Å²) in [5.74, 6) is 0. The highest BCUT2D eigenvalue weighted by Crippen LogP contribution is 2.24. The van der Waals surface area contributed by atoms with Crippen molar-refractivity contribution in [3.63, 3.8) is 0 Å². The number of rotatable bonds is 3. The molecule has 0 saturated carbocycles. The number of thioether (sulfide) groups is 1. The van der Waals surface area contributed by atoms with E-state index >= 15 is 0 Å². The SMILES string of the molecule is CSc1nc(-c2ccc([N+](=O)[O-])cc2)c(C#N)c(=O)n1C. The first-order valence-electron chi connectivity index (χ1n) is 5.79. The molecule has 0 bridgehead atoms. The lowest BCUT2D eigenvalue weighted by Gasteiger charge is -2.09. The van der Waals surface area contributed by atoms with Crippen LogP contribution in [0, 0.1) is 21.4 Å². The minimum absolute atomic E-state index is 0.0637. The molecule has 0 atom stereocenters. The van der Waals surface area contributed by atoms with E-state index in [-0.39, 0.29) is 16.9 Å². The van der Waals surface area contributed by atoms with E-state index in [1.54, 1.807) is 13.3 Å². The van der Waals surface area contributed by atoms with E-state index in [2.05, 4.69) is 4.98 Å². The van der Waals surface area contributed by atoms with Gasteiger partial charge in [-0.05, 0) is 18.4 Å². The second-order valence-corrected chi connectivity index (χ2v) is 4.88. The molecule has 0 aliphatic carbocycles. The molecular formula is C13H10N4O3S. The van der Waals surface area contributed by atoms with Crippen molar-refractivity contribution in [2.75, 3.05) is 6.26 Å². The lowest BCUT2D eigenvalue weighted by Crippen LogP contribution is -2.23. The van der Waals surface area contributed by atoms with Gasteiger partial charge in [-0.3, -0.25) is 19.5 Å². The number of hydrogen-bond acceptors (Lipinski definition) is 6. The van der Waals surface area contributed by atoms with Crippen LogP contribution in [0.15, 0.2) is 34.2 Å². The van der Waals surface area contributed by atoms with Gasteiger partial charge in [0.15, 0.2) is 5.16 Å². The van der Waals surface area contributed by atoms with Crippen LogP contribution in [0.5, 0.6) is 0 Å². The highest BCUT2D eigenvalue weighted by atomic mass is 32.2. The summed E-state index contributed by atoms with van der Waals surface area (Å²) in [6.45, 7) is 0. The smallest absolute Gasteiger partial charge is 0.272 e. The van der Waals surface area contributed by atoms with Crippen molar-refractivity contribution < 1.29 is 4.92 Å².